The summed E-state index contributed by atoms with van der Waals surface area (Å²) >= 11 is 0. The molecule has 112 valence electrons. The Hall–Kier alpha value is -1.92. The number of hydrogen-bond acceptors (Lipinski definition) is 4. The molecule has 0 atom stereocenters. The SMILES string of the molecule is Cc1ccncc1NS(=O)(=O)c1ccc(CCCN)cc1. The van der Waals surface area contributed by atoms with Gasteiger partial charge in [0.25, 0.3) is 10.0 Å². The van der Waals surface area contributed by atoms with E-state index in [2.05, 4.69) is 9.71 Å². The molecule has 0 aliphatic heterocycles. The van der Waals surface area contributed by atoms with Crippen molar-refractivity contribution in [2.45, 2.75) is 24.7 Å². The van der Waals surface area contributed by atoms with Gasteiger partial charge < -0.3 is 5.73 Å². The highest BCUT2D eigenvalue weighted by Gasteiger charge is 2.15. The summed E-state index contributed by atoms with van der Waals surface area (Å²) in [6.07, 6.45) is 4.87. The van der Waals surface area contributed by atoms with Crippen molar-refractivity contribution in [3.8, 4) is 0 Å². The maximum absolute atomic E-state index is 12.3. The van der Waals surface area contributed by atoms with E-state index in [1.807, 2.05) is 19.1 Å². The highest BCUT2D eigenvalue weighted by molar-refractivity contribution is 7.92. The summed E-state index contributed by atoms with van der Waals surface area (Å²) in [5.74, 6) is 0. The van der Waals surface area contributed by atoms with Crippen LogP contribution in [0, 0.1) is 6.92 Å². The van der Waals surface area contributed by atoms with Crippen LogP contribution >= 0.6 is 0 Å². The predicted molar refractivity (Wildman–Crippen MR) is 83.6 cm³/mol. The molecule has 1 heterocycles. The van der Waals surface area contributed by atoms with Gasteiger partial charge in [0.05, 0.1) is 16.8 Å². The van der Waals surface area contributed by atoms with Crippen LogP contribution in [0.1, 0.15) is 17.5 Å². The lowest BCUT2D eigenvalue weighted by molar-refractivity contribution is 0.601. The smallest absolute Gasteiger partial charge is 0.261 e. The topological polar surface area (TPSA) is 85.1 Å². The standard InChI is InChI=1S/C15H19N3O2S/c1-12-8-10-17-11-15(12)18-21(19,20)14-6-4-13(5-7-14)3-2-9-16/h4-8,10-11,18H,2-3,9,16H2,1H3. The summed E-state index contributed by atoms with van der Waals surface area (Å²) in [4.78, 5) is 4.17. The predicted octanol–water partition coefficient (Wildman–Crippen LogP) is 2.08. The molecule has 0 fully saturated rings. The number of rotatable bonds is 6. The number of aromatic nitrogens is 1. The summed E-state index contributed by atoms with van der Waals surface area (Å²) in [7, 11) is -3.59. The minimum absolute atomic E-state index is 0.238. The van der Waals surface area contributed by atoms with E-state index >= 15 is 0 Å². The zero-order valence-electron chi connectivity index (χ0n) is 11.9. The summed E-state index contributed by atoms with van der Waals surface area (Å²) < 4.78 is 27.2. The number of aryl methyl sites for hydroxylation is 2. The zero-order chi connectivity index (χ0) is 15.3. The van der Waals surface area contributed by atoms with Crippen molar-refractivity contribution in [3.63, 3.8) is 0 Å². The third-order valence-electron chi connectivity index (χ3n) is 3.19. The van der Waals surface area contributed by atoms with Gasteiger partial charge in [0, 0.05) is 6.20 Å². The van der Waals surface area contributed by atoms with Crippen LogP contribution in [-0.2, 0) is 16.4 Å². The normalized spacial score (nSPS) is 11.3. The number of nitrogens with two attached hydrogens (primary N) is 1. The molecule has 5 nitrogen and oxygen atoms in total. The molecule has 0 amide bonds. The van der Waals surface area contributed by atoms with Crippen molar-refractivity contribution in [2.75, 3.05) is 11.3 Å². The van der Waals surface area contributed by atoms with E-state index in [9.17, 15) is 8.42 Å². The Labute approximate surface area is 125 Å². The van der Waals surface area contributed by atoms with Crippen LogP contribution in [0.15, 0.2) is 47.6 Å². The van der Waals surface area contributed by atoms with Crippen LogP contribution in [0.3, 0.4) is 0 Å². The maximum Gasteiger partial charge on any atom is 0.261 e. The van der Waals surface area contributed by atoms with Crippen LogP contribution in [-0.4, -0.2) is 19.9 Å². The van der Waals surface area contributed by atoms with E-state index in [0.717, 1.165) is 24.0 Å². The molecule has 1 aromatic carbocycles. The molecule has 3 N–H and O–H groups in total. The number of sulfonamides is 1. The van der Waals surface area contributed by atoms with Gasteiger partial charge in [-0.2, -0.15) is 0 Å². The van der Waals surface area contributed by atoms with Crippen LogP contribution in [0.4, 0.5) is 5.69 Å². The molecule has 1 aromatic heterocycles. The van der Waals surface area contributed by atoms with Crippen molar-refractivity contribution in [3.05, 3.63) is 53.9 Å². The Kier molecular flexibility index (Phi) is 4.93. The van der Waals surface area contributed by atoms with Gasteiger partial charge in [-0.05, 0) is 55.6 Å². The first-order valence-corrected chi connectivity index (χ1v) is 8.23. The van der Waals surface area contributed by atoms with E-state index < -0.39 is 10.0 Å². The third kappa shape index (κ3) is 4.03. The lowest BCUT2D eigenvalue weighted by Crippen LogP contribution is -2.14. The molecule has 0 spiro atoms. The molecule has 0 radical (unpaired) electrons. The van der Waals surface area contributed by atoms with Gasteiger partial charge in [-0.3, -0.25) is 9.71 Å². The minimum Gasteiger partial charge on any atom is -0.330 e. The second-order valence-electron chi connectivity index (χ2n) is 4.83. The first-order valence-electron chi connectivity index (χ1n) is 6.75. The first kappa shape index (κ1) is 15.5. The summed E-state index contributed by atoms with van der Waals surface area (Å²) in [6.45, 7) is 2.46. The van der Waals surface area contributed by atoms with E-state index in [1.165, 1.54) is 6.20 Å². The molecular formula is C15H19N3O2S. The highest BCUT2D eigenvalue weighted by atomic mass is 32.2. The van der Waals surface area contributed by atoms with Crippen molar-refractivity contribution in [1.29, 1.82) is 0 Å². The third-order valence-corrected chi connectivity index (χ3v) is 4.57. The molecule has 2 aromatic rings. The van der Waals surface area contributed by atoms with Gasteiger partial charge in [0.15, 0.2) is 0 Å². The van der Waals surface area contributed by atoms with E-state index in [-0.39, 0.29) is 4.90 Å². The quantitative estimate of drug-likeness (QED) is 0.855. The molecule has 0 unspecified atom stereocenters. The largest absolute Gasteiger partial charge is 0.330 e. The van der Waals surface area contributed by atoms with E-state index in [0.29, 0.717) is 12.2 Å². The van der Waals surface area contributed by atoms with Gasteiger partial charge in [-0.1, -0.05) is 12.1 Å². The van der Waals surface area contributed by atoms with E-state index in [1.54, 1.807) is 24.4 Å². The Bertz CT molecular complexity index is 697. The second kappa shape index (κ2) is 6.69. The summed E-state index contributed by atoms with van der Waals surface area (Å²) in [5, 5.41) is 0. The van der Waals surface area contributed by atoms with E-state index in [4.69, 9.17) is 5.73 Å². The summed E-state index contributed by atoms with van der Waals surface area (Å²) in [5.41, 5.74) is 7.86. The molecule has 0 bridgehead atoms. The second-order valence-corrected chi connectivity index (χ2v) is 6.51. The van der Waals surface area contributed by atoms with Gasteiger partial charge >= 0.3 is 0 Å². The zero-order valence-corrected chi connectivity index (χ0v) is 12.7. The lowest BCUT2D eigenvalue weighted by atomic mass is 10.1. The van der Waals surface area contributed by atoms with Crippen LogP contribution in [0.25, 0.3) is 0 Å². The Morgan fingerprint density at radius 2 is 1.90 bits per heavy atom. The molecule has 0 aliphatic carbocycles. The average Bonchev–Trinajstić information content (AvgIpc) is 2.48. The van der Waals surface area contributed by atoms with Crippen molar-refractivity contribution >= 4 is 15.7 Å². The Balaban J connectivity index is 2.18. The van der Waals surface area contributed by atoms with Crippen molar-refractivity contribution in [1.82, 2.24) is 4.98 Å². The van der Waals surface area contributed by atoms with Gasteiger partial charge in [0.1, 0.15) is 0 Å². The number of nitrogens with one attached hydrogen (secondary N) is 1. The van der Waals surface area contributed by atoms with Crippen molar-refractivity contribution < 1.29 is 8.42 Å². The number of anilines is 1. The molecule has 0 saturated carbocycles. The monoisotopic (exact) mass is 305 g/mol. The minimum atomic E-state index is -3.59. The van der Waals surface area contributed by atoms with Gasteiger partial charge in [-0.15, -0.1) is 0 Å². The molecular weight excluding hydrogens is 286 g/mol. The van der Waals surface area contributed by atoms with Crippen LogP contribution in [0.5, 0.6) is 0 Å². The maximum atomic E-state index is 12.3. The number of nitrogens with zero attached hydrogens (tertiary/aromatic N) is 1. The molecule has 0 saturated heterocycles. The number of benzene rings is 1. The fraction of sp³-hybridized carbons (Fsp3) is 0.267. The molecule has 0 aliphatic rings. The fourth-order valence-corrected chi connectivity index (χ4v) is 3.03. The number of pyridine rings is 1. The van der Waals surface area contributed by atoms with Gasteiger partial charge in [0.2, 0.25) is 0 Å². The molecule has 6 heteroatoms. The van der Waals surface area contributed by atoms with Gasteiger partial charge in [-0.25, -0.2) is 8.42 Å². The first-order chi connectivity index (χ1) is 10.0. The van der Waals surface area contributed by atoms with Crippen LogP contribution in [0.2, 0.25) is 0 Å². The number of hydrogen-bond donors (Lipinski definition) is 2. The van der Waals surface area contributed by atoms with Crippen LogP contribution < -0.4 is 10.5 Å². The molecule has 21 heavy (non-hydrogen) atoms. The average molecular weight is 305 g/mol. The Morgan fingerprint density at radius 3 is 2.52 bits per heavy atom. The fourth-order valence-electron chi connectivity index (χ4n) is 1.92. The Morgan fingerprint density at radius 1 is 1.19 bits per heavy atom. The van der Waals surface area contributed by atoms with Crippen molar-refractivity contribution in [2.24, 2.45) is 5.73 Å². The summed E-state index contributed by atoms with van der Waals surface area (Å²) in [6, 6.07) is 8.62. The highest BCUT2D eigenvalue weighted by Crippen LogP contribution is 2.19. The molecule has 2 rings (SSSR count). The lowest BCUT2D eigenvalue weighted by Gasteiger charge is -2.10.